The summed E-state index contributed by atoms with van der Waals surface area (Å²) in [6.07, 6.45) is 5.47. The lowest BCUT2D eigenvalue weighted by atomic mass is 9.96. The van der Waals surface area contributed by atoms with Crippen molar-refractivity contribution in [2.45, 2.75) is 55.4 Å². The molecule has 2 saturated carbocycles. The van der Waals surface area contributed by atoms with Crippen LogP contribution in [0.25, 0.3) is 0 Å². The lowest BCUT2D eigenvalue weighted by Gasteiger charge is -2.24. The van der Waals surface area contributed by atoms with Gasteiger partial charge in [0.1, 0.15) is 0 Å². The minimum absolute atomic E-state index is 0.577. The highest BCUT2D eigenvalue weighted by molar-refractivity contribution is 7.99. The first kappa shape index (κ1) is 17.9. The summed E-state index contributed by atoms with van der Waals surface area (Å²) < 4.78 is 0. The Labute approximate surface area is 166 Å². The van der Waals surface area contributed by atoms with Gasteiger partial charge < -0.3 is 10.6 Å². The SMILES string of the molecule is Cc1ccc(C)c(Sc2ccc(NC(=S)N[C@@H]3C[C@@H]4CC[C@@H]3C4)cc2)c1. The molecule has 0 aliphatic heterocycles. The predicted octanol–water partition coefficient (Wildman–Crippen LogP) is 5.93. The number of rotatable bonds is 4. The van der Waals surface area contributed by atoms with Crippen molar-refractivity contribution in [1.82, 2.24) is 5.32 Å². The molecule has 136 valence electrons. The highest BCUT2D eigenvalue weighted by Crippen LogP contribution is 2.44. The molecule has 0 radical (unpaired) electrons. The van der Waals surface area contributed by atoms with Crippen molar-refractivity contribution in [2.24, 2.45) is 11.8 Å². The molecule has 0 heterocycles. The summed E-state index contributed by atoms with van der Waals surface area (Å²) in [5, 5.41) is 7.65. The fraction of sp³-hybridized carbons (Fsp3) is 0.409. The second kappa shape index (κ2) is 7.61. The van der Waals surface area contributed by atoms with Crippen molar-refractivity contribution in [1.29, 1.82) is 0 Å². The van der Waals surface area contributed by atoms with E-state index in [2.05, 4.69) is 66.9 Å². The van der Waals surface area contributed by atoms with E-state index in [1.165, 1.54) is 46.6 Å². The minimum atomic E-state index is 0.577. The second-order valence-electron chi connectivity index (χ2n) is 7.78. The van der Waals surface area contributed by atoms with Crippen LogP contribution in [-0.4, -0.2) is 11.2 Å². The molecule has 2 N–H and O–H groups in total. The number of thiocarbonyl (C=S) groups is 1. The maximum atomic E-state index is 5.53. The highest BCUT2D eigenvalue weighted by Gasteiger charge is 2.39. The standard InChI is InChI=1S/C22H26N2S2/c1-14-3-4-15(2)21(11-14)26-19-9-7-18(8-10-19)23-22(25)24-20-13-16-5-6-17(20)12-16/h3-4,7-11,16-17,20H,5-6,12-13H2,1-2H3,(H2,23,24,25)/t16-,17-,20-/m1/s1. The Balaban J connectivity index is 1.34. The molecule has 4 heteroatoms. The molecule has 0 saturated heterocycles. The van der Waals surface area contributed by atoms with Crippen LogP contribution >= 0.6 is 24.0 Å². The molecular weight excluding hydrogens is 356 g/mol. The van der Waals surface area contributed by atoms with Gasteiger partial charge in [-0.05, 0) is 98.6 Å². The minimum Gasteiger partial charge on any atom is -0.359 e. The Morgan fingerprint density at radius 3 is 2.54 bits per heavy atom. The van der Waals surface area contributed by atoms with Gasteiger partial charge in [0.25, 0.3) is 0 Å². The fourth-order valence-corrected chi connectivity index (χ4v) is 5.58. The van der Waals surface area contributed by atoms with Crippen LogP contribution < -0.4 is 10.6 Å². The van der Waals surface area contributed by atoms with Gasteiger partial charge in [-0.15, -0.1) is 0 Å². The Hall–Kier alpha value is -1.52. The average Bonchev–Trinajstić information content (AvgIpc) is 3.23. The molecule has 2 aromatic carbocycles. The van der Waals surface area contributed by atoms with E-state index in [1.54, 1.807) is 0 Å². The Bertz CT molecular complexity index is 800. The zero-order valence-corrected chi connectivity index (χ0v) is 17.1. The number of aryl methyl sites for hydroxylation is 2. The van der Waals surface area contributed by atoms with E-state index in [-0.39, 0.29) is 0 Å². The predicted molar refractivity (Wildman–Crippen MR) is 115 cm³/mol. The molecule has 4 rings (SSSR count). The number of hydrogen-bond donors (Lipinski definition) is 2. The summed E-state index contributed by atoms with van der Waals surface area (Å²) >= 11 is 7.34. The van der Waals surface area contributed by atoms with E-state index in [0.717, 1.165) is 22.6 Å². The van der Waals surface area contributed by atoms with E-state index in [1.807, 2.05) is 11.8 Å². The Kier molecular flexibility index (Phi) is 5.23. The van der Waals surface area contributed by atoms with E-state index < -0.39 is 0 Å². The van der Waals surface area contributed by atoms with Gasteiger partial charge >= 0.3 is 0 Å². The first-order chi connectivity index (χ1) is 12.6. The van der Waals surface area contributed by atoms with Crippen LogP contribution in [0.15, 0.2) is 52.3 Å². The van der Waals surface area contributed by atoms with Gasteiger partial charge in [0, 0.05) is 21.5 Å². The normalized spacial score (nSPS) is 23.8. The van der Waals surface area contributed by atoms with Gasteiger partial charge in [-0.25, -0.2) is 0 Å². The van der Waals surface area contributed by atoms with Crippen LogP contribution in [0.1, 0.15) is 36.8 Å². The molecule has 0 aromatic heterocycles. The lowest BCUT2D eigenvalue weighted by Crippen LogP contribution is -2.40. The first-order valence-corrected chi connectivity index (χ1v) is 10.7. The van der Waals surface area contributed by atoms with Crippen molar-refractivity contribution < 1.29 is 0 Å². The van der Waals surface area contributed by atoms with E-state index >= 15 is 0 Å². The van der Waals surface area contributed by atoms with E-state index in [4.69, 9.17) is 12.2 Å². The summed E-state index contributed by atoms with van der Waals surface area (Å²) in [7, 11) is 0. The van der Waals surface area contributed by atoms with Crippen LogP contribution in [0.3, 0.4) is 0 Å². The third-order valence-corrected chi connectivity index (χ3v) is 7.13. The summed E-state index contributed by atoms with van der Waals surface area (Å²) in [4.78, 5) is 2.57. The van der Waals surface area contributed by atoms with Crippen LogP contribution in [0, 0.1) is 25.7 Å². The third kappa shape index (κ3) is 4.07. The highest BCUT2D eigenvalue weighted by atomic mass is 32.2. The topological polar surface area (TPSA) is 24.1 Å². The molecule has 2 nitrogen and oxygen atoms in total. The molecule has 0 amide bonds. The molecule has 2 aliphatic rings. The van der Waals surface area contributed by atoms with E-state index in [0.29, 0.717) is 6.04 Å². The quantitative estimate of drug-likeness (QED) is 0.640. The van der Waals surface area contributed by atoms with Gasteiger partial charge in [-0.1, -0.05) is 30.3 Å². The summed E-state index contributed by atoms with van der Waals surface area (Å²) in [5.74, 6) is 1.76. The van der Waals surface area contributed by atoms with Crippen LogP contribution in [-0.2, 0) is 0 Å². The molecule has 2 bridgehead atoms. The van der Waals surface area contributed by atoms with Gasteiger partial charge in [-0.2, -0.15) is 0 Å². The van der Waals surface area contributed by atoms with Gasteiger partial charge in [-0.3, -0.25) is 0 Å². The number of anilines is 1. The second-order valence-corrected chi connectivity index (χ2v) is 9.30. The maximum absolute atomic E-state index is 5.53. The molecule has 2 fully saturated rings. The van der Waals surface area contributed by atoms with Crippen LogP contribution in [0.5, 0.6) is 0 Å². The maximum Gasteiger partial charge on any atom is 0.171 e. The molecule has 3 atom stereocenters. The number of benzene rings is 2. The molecular formula is C22H26N2S2. The summed E-state index contributed by atoms with van der Waals surface area (Å²) in [5.41, 5.74) is 3.67. The van der Waals surface area contributed by atoms with E-state index in [9.17, 15) is 0 Å². The summed E-state index contributed by atoms with van der Waals surface area (Å²) in [6, 6.07) is 15.7. The zero-order valence-electron chi connectivity index (χ0n) is 15.4. The first-order valence-electron chi connectivity index (χ1n) is 9.49. The molecule has 0 spiro atoms. The third-order valence-electron chi connectivity index (χ3n) is 5.74. The number of nitrogens with one attached hydrogen (secondary N) is 2. The van der Waals surface area contributed by atoms with Gasteiger partial charge in [0.2, 0.25) is 0 Å². The average molecular weight is 383 g/mol. The van der Waals surface area contributed by atoms with Crippen LogP contribution in [0.4, 0.5) is 5.69 Å². The van der Waals surface area contributed by atoms with Crippen LogP contribution in [0.2, 0.25) is 0 Å². The Morgan fingerprint density at radius 1 is 1.04 bits per heavy atom. The van der Waals surface area contributed by atoms with Gasteiger partial charge in [0.15, 0.2) is 5.11 Å². The zero-order chi connectivity index (χ0) is 18.1. The molecule has 2 aromatic rings. The number of fused-ring (bicyclic) bond motifs is 2. The lowest BCUT2D eigenvalue weighted by molar-refractivity contribution is 0.392. The van der Waals surface area contributed by atoms with Crippen molar-refractivity contribution in [3.05, 3.63) is 53.6 Å². The van der Waals surface area contributed by atoms with Crippen molar-refractivity contribution in [3.63, 3.8) is 0 Å². The monoisotopic (exact) mass is 382 g/mol. The van der Waals surface area contributed by atoms with Crippen molar-refractivity contribution in [2.75, 3.05) is 5.32 Å². The van der Waals surface area contributed by atoms with Crippen molar-refractivity contribution >= 4 is 34.8 Å². The van der Waals surface area contributed by atoms with Gasteiger partial charge in [0.05, 0.1) is 0 Å². The summed E-state index contributed by atoms with van der Waals surface area (Å²) in [6.45, 7) is 4.30. The number of hydrogen-bond acceptors (Lipinski definition) is 2. The smallest absolute Gasteiger partial charge is 0.171 e. The molecule has 0 unspecified atom stereocenters. The fourth-order valence-electron chi connectivity index (χ4n) is 4.31. The Morgan fingerprint density at radius 2 is 1.85 bits per heavy atom. The largest absolute Gasteiger partial charge is 0.359 e. The molecule has 2 aliphatic carbocycles. The van der Waals surface area contributed by atoms with Crippen molar-refractivity contribution in [3.8, 4) is 0 Å². The molecule has 26 heavy (non-hydrogen) atoms.